The Kier molecular flexibility index (Phi) is 4.20. The molecule has 0 aromatic heterocycles. The van der Waals surface area contributed by atoms with Crippen LogP contribution < -0.4 is 15.8 Å². The number of aryl methyl sites for hydroxylation is 1. The number of hydrogen-bond donors (Lipinski definition) is 2. The minimum Gasteiger partial charge on any atom is -0.493 e. The van der Waals surface area contributed by atoms with Gasteiger partial charge in [0.1, 0.15) is 5.75 Å². The van der Waals surface area contributed by atoms with Gasteiger partial charge in [-0.25, -0.2) is 0 Å². The zero-order valence-electron chi connectivity index (χ0n) is 10.7. The van der Waals surface area contributed by atoms with E-state index in [-0.39, 0.29) is 11.9 Å². The summed E-state index contributed by atoms with van der Waals surface area (Å²) in [4.78, 5) is 11.7. The molecule has 1 atom stereocenters. The third kappa shape index (κ3) is 3.01. The SMILES string of the molecule is Cc1ccc2c(c1)C(NC(=O)CCN)CCCO2. The number of fused-ring (bicyclic) bond motifs is 1. The second-order valence-electron chi connectivity index (χ2n) is 4.69. The van der Waals surface area contributed by atoms with E-state index >= 15 is 0 Å². The summed E-state index contributed by atoms with van der Waals surface area (Å²) in [5.41, 5.74) is 7.66. The maximum atomic E-state index is 11.7. The van der Waals surface area contributed by atoms with Gasteiger partial charge >= 0.3 is 0 Å². The smallest absolute Gasteiger partial charge is 0.221 e. The maximum Gasteiger partial charge on any atom is 0.221 e. The van der Waals surface area contributed by atoms with Crippen LogP contribution in [0, 0.1) is 6.92 Å². The lowest BCUT2D eigenvalue weighted by Crippen LogP contribution is -2.29. The van der Waals surface area contributed by atoms with Crippen LogP contribution in [0.25, 0.3) is 0 Å². The number of carbonyl (C=O) groups is 1. The summed E-state index contributed by atoms with van der Waals surface area (Å²) in [6.45, 7) is 3.14. The molecule has 4 nitrogen and oxygen atoms in total. The topological polar surface area (TPSA) is 64.4 Å². The van der Waals surface area contributed by atoms with Gasteiger partial charge in [-0.1, -0.05) is 17.7 Å². The number of rotatable bonds is 3. The van der Waals surface area contributed by atoms with Gasteiger partial charge in [0.2, 0.25) is 5.91 Å². The third-order valence-corrected chi connectivity index (χ3v) is 3.14. The lowest BCUT2D eigenvalue weighted by molar-refractivity contribution is -0.121. The summed E-state index contributed by atoms with van der Waals surface area (Å²) in [7, 11) is 0. The molecule has 0 saturated carbocycles. The fraction of sp³-hybridized carbons (Fsp3) is 0.500. The van der Waals surface area contributed by atoms with Crippen molar-refractivity contribution in [3.8, 4) is 5.75 Å². The molecule has 1 aliphatic heterocycles. The van der Waals surface area contributed by atoms with E-state index in [4.69, 9.17) is 10.5 Å². The fourth-order valence-corrected chi connectivity index (χ4v) is 2.24. The van der Waals surface area contributed by atoms with Crippen LogP contribution in [0.3, 0.4) is 0 Å². The minimum atomic E-state index is 0.0110. The molecule has 4 heteroatoms. The first kappa shape index (κ1) is 12.9. The van der Waals surface area contributed by atoms with Gasteiger partial charge in [0.25, 0.3) is 0 Å². The molecule has 1 aromatic rings. The highest BCUT2D eigenvalue weighted by atomic mass is 16.5. The zero-order chi connectivity index (χ0) is 13.0. The van der Waals surface area contributed by atoms with Crippen molar-refractivity contribution in [2.24, 2.45) is 5.73 Å². The predicted molar refractivity (Wildman–Crippen MR) is 70.5 cm³/mol. The molecular weight excluding hydrogens is 228 g/mol. The molecule has 1 heterocycles. The van der Waals surface area contributed by atoms with Crippen molar-refractivity contribution in [3.05, 3.63) is 29.3 Å². The lowest BCUT2D eigenvalue weighted by atomic mass is 10.00. The third-order valence-electron chi connectivity index (χ3n) is 3.14. The molecule has 98 valence electrons. The summed E-state index contributed by atoms with van der Waals surface area (Å²) >= 11 is 0. The van der Waals surface area contributed by atoms with Crippen LogP contribution in [0.5, 0.6) is 5.75 Å². The minimum absolute atomic E-state index is 0.0110. The number of hydrogen-bond acceptors (Lipinski definition) is 3. The van der Waals surface area contributed by atoms with Gasteiger partial charge in [0, 0.05) is 18.5 Å². The zero-order valence-corrected chi connectivity index (χ0v) is 10.7. The van der Waals surface area contributed by atoms with E-state index in [1.807, 2.05) is 19.1 Å². The van der Waals surface area contributed by atoms with Crippen molar-refractivity contribution >= 4 is 5.91 Å². The number of nitrogens with two attached hydrogens (primary N) is 1. The second-order valence-corrected chi connectivity index (χ2v) is 4.69. The van der Waals surface area contributed by atoms with E-state index in [9.17, 15) is 4.79 Å². The Bertz CT molecular complexity index is 432. The maximum absolute atomic E-state index is 11.7. The van der Waals surface area contributed by atoms with Crippen LogP contribution >= 0.6 is 0 Å². The Morgan fingerprint density at radius 3 is 3.17 bits per heavy atom. The van der Waals surface area contributed by atoms with Crippen LogP contribution in [-0.2, 0) is 4.79 Å². The highest BCUT2D eigenvalue weighted by Gasteiger charge is 2.21. The van der Waals surface area contributed by atoms with Crippen molar-refractivity contribution in [2.75, 3.05) is 13.2 Å². The van der Waals surface area contributed by atoms with E-state index in [0.717, 1.165) is 24.2 Å². The Labute approximate surface area is 108 Å². The van der Waals surface area contributed by atoms with E-state index in [1.165, 1.54) is 5.56 Å². The van der Waals surface area contributed by atoms with Crippen molar-refractivity contribution in [1.29, 1.82) is 0 Å². The average Bonchev–Trinajstić information content (AvgIpc) is 2.52. The highest BCUT2D eigenvalue weighted by Crippen LogP contribution is 2.32. The first-order chi connectivity index (χ1) is 8.70. The molecule has 2 rings (SSSR count). The van der Waals surface area contributed by atoms with Gasteiger partial charge in [0.05, 0.1) is 12.6 Å². The summed E-state index contributed by atoms with van der Waals surface area (Å²) in [5, 5.41) is 3.04. The average molecular weight is 248 g/mol. The van der Waals surface area contributed by atoms with Gasteiger partial charge < -0.3 is 15.8 Å². The first-order valence-corrected chi connectivity index (χ1v) is 6.43. The monoisotopic (exact) mass is 248 g/mol. The molecule has 0 bridgehead atoms. The van der Waals surface area contributed by atoms with E-state index in [1.54, 1.807) is 0 Å². The molecule has 1 unspecified atom stereocenters. The Morgan fingerprint density at radius 1 is 1.56 bits per heavy atom. The fourth-order valence-electron chi connectivity index (χ4n) is 2.24. The van der Waals surface area contributed by atoms with Crippen LogP contribution in [0.1, 0.15) is 36.4 Å². The Morgan fingerprint density at radius 2 is 2.39 bits per heavy atom. The largest absolute Gasteiger partial charge is 0.493 e. The molecule has 0 radical (unpaired) electrons. The molecule has 1 aliphatic rings. The molecular formula is C14H20N2O2. The lowest BCUT2D eigenvalue weighted by Gasteiger charge is -2.18. The van der Waals surface area contributed by atoms with Gasteiger partial charge in [-0.05, 0) is 25.8 Å². The molecule has 1 amide bonds. The summed E-state index contributed by atoms with van der Waals surface area (Å²) < 4.78 is 5.70. The van der Waals surface area contributed by atoms with Crippen molar-refractivity contribution in [2.45, 2.75) is 32.2 Å². The van der Waals surface area contributed by atoms with Crippen molar-refractivity contribution < 1.29 is 9.53 Å². The second kappa shape index (κ2) is 5.87. The van der Waals surface area contributed by atoms with Crippen LogP contribution in [-0.4, -0.2) is 19.1 Å². The highest BCUT2D eigenvalue weighted by molar-refractivity contribution is 5.76. The van der Waals surface area contributed by atoms with E-state index in [0.29, 0.717) is 19.6 Å². The van der Waals surface area contributed by atoms with Gasteiger partial charge in [-0.15, -0.1) is 0 Å². The van der Waals surface area contributed by atoms with Crippen LogP contribution in [0.15, 0.2) is 18.2 Å². The molecule has 0 fully saturated rings. The van der Waals surface area contributed by atoms with E-state index < -0.39 is 0 Å². The molecule has 0 spiro atoms. The molecule has 0 aliphatic carbocycles. The van der Waals surface area contributed by atoms with E-state index in [2.05, 4.69) is 11.4 Å². The standard InChI is InChI=1S/C14H20N2O2/c1-10-4-5-13-11(9-10)12(3-2-8-18-13)16-14(17)6-7-15/h4-5,9,12H,2-3,6-8,15H2,1H3,(H,16,17). The summed E-state index contributed by atoms with van der Waals surface area (Å²) in [6.07, 6.45) is 2.23. The van der Waals surface area contributed by atoms with Crippen molar-refractivity contribution in [3.63, 3.8) is 0 Å². The number of benzene rings is 1. The van der Waals surface area contributed by atoms with Crippen molar-refractivity contribution in [1.82, 2.24) is 5.32 Å². The van der Waals surface area contributed by atoms with Gasteiger partial charge in [0.15, 0.2) is 0 Å². The summed E-state index contributed by atoms with van der Waals surface area (Å²) in [5.74, 6) is 0.896. The predicted octanol–water partition coefficient (Wildman–Crippen LogP) is 1.67. The number of ether oxygens (including phenoxy) is 1. The van der Waals surface area contributed by atoms with Crippen LogP contribution in [0.4, 0.5) is 0 Å². The van der Waals surface area contributed by atoms with Crippen LogP contribution in [0.2, 0.25) is 0 Å². The molecule has 3 N–H and O–H groups in total. The van der Waals surface area contributed by atoms with Gasteiger partial charge in [-0.2, -0.15) is 0 Å². The first-order valence-electron chi connectivity index (χ1n) is 6.43. The Balaban J connectivity index is 2.20. The molecule has 1 aromatic carbocycles. The van der Waals surface area contributed by atoms with Gasteiger partial charge in [-0.3, -0.25) is 4.79 Å². The quantitative estimate of drug-likeness (QED) is 0.855. The summed E-state index contributed by atoms with van der Waals surface area (Å²) in [6, 6.07) is 6.15. The molecule has 0 saturated heterocycles. The Hall–Kier alpha value is -1.55. The number of carbonyl (C=O) groups excluding carboxylic acids is 1. The molecule has 18 heavy (non-hydrogen) atoms. The number of nitrogens with one attached hydrogen (secondary N) is 1. The number of amides is 1. The normalized spacial score (nSPS) is 18.4.